The summed E-state index contributed by atoms with van der Waals surface area (Å²) in [6, 6.07) is 68.9. The standard InChI is InChI=1S/C68H62N4/c1-41(2)43-29-33-47(34-30-43)69(45-21-13-11-14-22-45)65-55(67(5,6)7)37-53-51-39-60-52(40-59(51)71-57-27-19-17-25-49(57)61(65)63(53)71)54-38-56(68(8,9)10)66(62-50-26-18-20-28-58(50)72(60)64(54)62)70(46-23-15-12-16-24-46)48-35-31-44(32-36-48)42(3)4/h11-42H,1-10H3. The SMILES string of the molecule is CC(C)c1ccc(N(c2ccccc2)c2c(C(C)(C)C)cc3c4cc5c(cc4n4c6ccccc6c2c34)c2cc(C(C)(C)C)c(N(c3ccccc3)c3ccc(C(C)C)cc3)c3c4ccccc4n5c23)cc1. The van der Waals surface area contributed by atoms with Gasteiger partial charge in [-0.2, -0.15) is 0 Å². The molecule has 0 atom stereocenters. The summed E-state index contributed by atoms with van der Waals surface area (Å²) in [6.45, 7) is 23.4. The third kappa shape index (κ3) is 6.43. The molecule has 0 N–H and O–H groups in total. The van der Waals surface area contributed by atoms with E-state index in [9.17, 15) is 0 Å². The molecule has 0 unspecified atom stereocenters. The summed E-state index contributed by atoms with van der Waals surface area (Å²) in [5.41, 5.74) is 19.5. The molecule has 4 nitrogen and oxygen atoms in total. The van der Waals surface area contributed by atoms with E-state index in [2.05, 4.69) is 270 Å². The quantitative estimate of drug-likeness (QED) is 0.151. The Hall–Kier alpha value is -7.82. The summed E-state index contributed by atoms with van der Waals surface area (Å²) in [4.78, 5) is 5.07. The highest BCUT2D eigenvalue weighted by Crippen LogP contribution is 2.55. The van der Waals surface area contributed by atoms with Crippen molar-refractivity contribution in [3.05, 3.63) is 204 Å². The summed E-state index contributed by atoms with van der Waals surface area (Å²) in [5.74, 6) is 0.887. The second-order valence-corrected chi connectivity index (χ2v) is 23.0. The monoisotopic (exact) mass is 934 g/mol. The Labute approximate surface area is 423 Å². The second-order valence-electron chi connectivity index (χ2n) is 23.0. The van der Waals surface area contributed by atoms with Crippen LogP contribution in [0, 0.1) is 0 Å². The van der Waals surface area contributed by atoms with Crippen molar-refractivity contribution in [3.8, 4) is 0 Å². The Morgan fingerprint density at radius 1 is 0.333 bits per heavy atom. The maximum atomic E-state index is 2.59. The van der Waals surface area contributed by atoms with Crippen LogP contribution in [-0.4, -0.2) is 8.80 Å². The minimum Gasteiger partial charge on any atom is -0.309 e. The van der Waals surface area contributed by atoms with E-state index >= 15 is 0 Å². The molecular formula is C68H62N4. The highest BCUT2D eigenvalue weighted by atomic mass is 15.2. The van der Waals surface area contributed by atoms with Gasteiger partial charge in [0.05, 0.1) is 44.5 Å². The molecule has 0 aliphatic carbocycles. The molecule has 72 heavy (non-hydrogen) atoms. The highest BCUT2D eigenvalue weighted by Gasteiger charge is 2.34. The third-order valence-electron chi connectivity index (χ3n) is 15.7. The van der Waals surface area contributed by atoms with Gasteiger partial charge in [0.1, 0.15) is 0 Å². The molecule has 0 bridgehead atoms. The van der Waals surface area contributed by atoms with Crippen LogP contribution in [0.2, 0.25) is 0 Å². The van der Waals surface area contributed by atoms with Gasteiger partial charge >= 0.3 is 0 Å². The first kappa shape index (κ1) is 44.1. The van der Waals surface area contributed by atoms with E-state index in [-0.39, 0.29) is 10.8 Å². The first-order chi connectivity index (χ1) is 34.7. The Morgan fingerprint density at radius 3 is 1.01 bits per heavy atom. The number of benzene rings is 9. The maximum absolute atomic E-state index is 2.59. The van der Waals surface area contributed by atoms with E-state index < -0.39 is 0 Å². The Kier molecular flexibility index (Phi) is 9.71. The fraction of sp³-hybridized carbons (Fsp3) is 0.206. The lowest BCUT2D eigenvalue weighted by Gasteiger charge is -2.33. The van der Waals surface area contributed by atoms with Crippen molar-refractivity contribution >= 4 is 110 Å². The second kappa shape index (κ2) is 15.8. The minimum atomic E-state index is -0.202. The van der Waals surface area contributed by atoms with Crippen LogP contribution >= 0.6 is 0 Å². The van der Waals surface area contributed by atoms with Crippen LogP contribution in [-0.2, 0) is 10.8 Å². The molecule has 13 aromatic rings. The smallest absolute Gasteiger partial charge is 0.0641 e. The van der Waals surface area contributed by atoms with Gasteiger partial charge in [-0.05, 0) is 130 Å². The van der Waals surface area contributed by atoms with Crippen LogP contribution in [0.1, 0.15) is 103 Å². The Bertz CT molecular complexity index is 3920. The van der Waals surface area contributed by atoms with Gasteiger partial charge in [-0.25, -0.2) is 0 Å². The van der Waals surface area contributed by atoms with Gasteiger partial charge in [0, 0.05) is 65.8 Å². The summed E-state index contributed by atoms with van der Waals surface area (Å²) in [7, 11) is 0. The molecule has 9 aromatic carbocycles. The number of anilines is 6. The molecular weight excluding hydrogens is 873 g/mol. The van der Waals surface area contributed by atoms with Crippen molar-refractivity contribution in [2.75, 3.05) is 9.80 Å². The zero-order valence-electron chi connectivity index (χ0n) is 43.3. The fourth-order valence-corrected chi connectivity index (χ4v) is 12.2. The van der Waals surface area contributed by atoms with Crippen LogP contribution in [0.15, 0.2) is 182 Å². The highest BCUT2D eigenvalue weighted by molar-refractivity contribution is 6.33. The molecule has 0 aliphatic rings. The van der Waals surface area contributed by atoms with Crippen LogP contribution in [0.4, 0.5) is 34.1 Å². The van der Waals surface area contributed by atoms with Gasteiger partial charge in [-0.15, -0.1) is 0 Å². The fourth-order valence-electron chi connectivity index (χ4n) is 12.2. The summed E-state index contributed by atoms with van der Waals surface area (Å²) in [5, 5.41) is 10.2. The molecule has 0 spiro atoms. The van der Waals surface area contributed by atoms with E-state index in [1.807, 2.05) is 0 Å². The number of hydrogen-bond acceptors (Lipinski definition) is 2. The Balaban J connectivity index is 1.18. The summed E-state index contributed by atoms with van der Waals surface area (Å²) in [6.07, 6.45) is 0. The molecule has 4 aromatic heterocycles. The molecule has 0 radical (unpaired) electrons. The number of para-hydroxylation sites is 4. The molecule has 13 rings (SSSR count). The average Bonchev–Trinajstić information content (AvgIpc) is 4.10. The lowest BCUT2D eigenvalue weighted by atomic mass is 9.82. The summed E-state index contributed by atoms with van der Waals surface area (Å²) < 4.78 is 5.19. The van der Waals surface area contributed by atoms with Crippen molar-refractivity contribution in [1.82, 2.24) is 8.80 Å². The predicted molar refractivity (Wildman–Crippen MR) is 311 cm³/mol. The minimum absolute atomic E-state index is 0.202. The number of fused-ring (bicyclic) bond motifs is 12. The van der Waals surface area contributed by atoms with Crippen LogP contribution in [0.5, 0.6) is 0 Å². The van der Waals surface area contributed by atoms with E-state index in [0.29, 0.717) is 11.8 Å². The molecule has 354 valence electrons. The zero-order valence-corrected chi connectivity index (χ0v) is 43.3. The molecule has 0 saturated carbocycles. The topological polar surface area (TPSA) is 15.3 Å². The number of rotatable bonds is 8. The molecule has 0 fully saturated rings. The van der Waals surface area contributed by atoms with Crippen LogP contribution in [0.25, 0.3) is 76.2 Å². The maximum Gasteiger partial charge on any atom is 0.0641 e. The lowest BCUT2D eigenvalue weighted by Crippen LogP contribution is -2.19. The van der Waals surface area contributed by atoms with Crippen LogP contribution in [0.3, 0.4) is 0 Å². The molecule has 4 heteroatoms. The van der Waals surface area contributed by atoms with Crippen molar-refractivity contribution < 1.29 is 0 Å². The molecule has 0 saturated heterocycles. The van der Waals surface area contributed by atoms with Gasteiger partial charge in [0.2, 0.25) is 0 Å². The van der Waals surface area contributed by atoms with Crippen molar-refractivity contribution in [1.29, 1.82) is 0 Å². The largest absolute Gasteiger partial charge is 0.309 e. The van der Waals surface area contributed by atoms with E-state index in [1.165, 1.54) is 110 Å². The van der Waals surface area contributed by atoms with Gasteiger partial charge in [-0.3, -0.25) is 0 Å². The van der Waals surface area contributed by atoms with Gasteiger partial charge < -0.3 is 18.6 Å². The zero-order chi connectivity index (χ0) is 49.5. The summed E-state index contributed by atoms with van der Waals surface area (Å²) >= 11 is 0. The normalized spacial score (nSPS) is 12.8. The first-order valence-corrected chi connectivity index (χ1v) is 26.0. The number of hydrogen-bond donors (Lipinski definition) is 0. The molecule has 0 amide bonds. The van der Waals surface area contributed by atoms with Gasteiger partial charge in [0.25, 0.3) is 0 Å². The Morgan fingerprint density at radius 2 is 0.667 bits per heavy atom. The lowest BCUT2D eigenvalue weighted by molar-refractivity contribution is 0.592. The molecule has 4 heterocycles. The van der Waals surface area contributed by atoms with Crippen molar-refractivity contribution in [2.45, 2.75) is 91.9 Å². The number of aromatic nitrogens is 2. The average molecular weight is 935 g/mol. The first-order valence-electron chi connectivity index (χ1n) is 26.0. The van der Waals surface area contributed by atoms with E-state index in [1.54, 1.807) is 0 Å². The predicted octanol–water partition coefficient (Wildman–Crippen LogP) is 19.8. The van der Waals surface area contributed by atoms with Gasteiger partial charge in [0.15, 0.2) is 0 Å². The van der Waals surface area contributed by atoms with Gasteiger partial charge in [-0.1, -0.05) is 166 Å². The van der Waals surface area contributed by atoms with Crippen molar-refractivity contribution in [2.24, 2.45) is 0 Å². The third-order valence-corrected chi connectivity index (χ3v) is 15.7. The number of nitrogens with zero attached hydrogens (tertiary/aromatic N) is 4. The van der Waals surface area contributed by atoms with E-state index in [0.717, 1.165) is 22.7 Å². The molecule has 0 aliphatic heterocycles. The van der Waals surface area contributed by atoms with Crippen LogP contribution < -0.4 is 9.80 Å². The van der Waals surface area contributed by atoms with E-state index in [4.69, 9.17) is 0 Å². The van der Waals surface area contributed by atoms with Crippen molar-refractivity contribution in [3.63, 3.8) is 0 Å².